The van der Waals surface area contributed by atoms with Crippen molar-refractivity contribution in [2.45, 2.75) is 20.4 Å². The molecule has 0 amide bonds. The van der Waals surface area contributed by atoms with Crippen molar-refractivity contribution in [3.05, 3.63) is 95.3 Å². The molecule has 0 bridgehead atoms. The van der Waals surface area contributed by atoms with Gasteiger partial charge in [0, 0.05) is 17.8 Å². The van der Waals surface area contributed by atoms with Crippen LogP contribution in [-0.2, 0) is 6.54 Å². The van der Waals surface area contributed by atoms with Crippen molar-refractivity contribution in [1.82, 2.24) is 5.32 Å². The van der Waals surface area contributed by atoms with Crippen LogP contribution < -0.4 is 5.32 Å². The third kappa shape index (κ3) is 4.43. The lowest BCUT2D eigenvalue weighted by atomic mass is 10.0. The van der Waals surface area contributed by atoms with Gasteiger partial charge in [0.1, 0.15) is 5.82 Å². The Hall–Kier alpha value is -2.61. The Morgan fingerprint density at radius 3 is 2.70 bits per heavy atom. The van der Waals surface area contributed by atoms with Crippen molar-refractivity contribution in [2.24, 2.45) is 0 Å². The molecule has 0 saturated carbocycles. The number of benzene rings is 2. The minimum Gasteiger partial charge on any atom is -0.381 e. The highest BCUT2D eigenvalue weighted by molar-refractivity contribution is 5.67. The van der Waals surface area contributed by atoms with Gasteiger partial charge in [0.05, 0.1) is 0 Å². The van der Waals surface area contributed by atoms with Gasteiger partial charge in [-0.2, -0.15) is 0 Å². The molecule has 23 heavy (non-hydrogen) atoms. The molecular weight excluding hydrogens is 285 g/mol. The molecule has 2 aromatic rings. The van der Waals surface area contributed by atoms with Crippen LogP contribution in [0.4, 0.5) is 4.39 Å². The summed E-state index contributed by atoms with van der Waals surface area (Å²) in [5, 5.41) is 3.21. The van der Waals surface area contributed by atoms with Crippen molar-refractivity contribution in [3.8, 4) is 0 Å². The average molecular weight is 307 g/mol. The van der Waals surface area contributed by atoms with E-state index in [0.717, 1.165) is 22.4 Å². The normalized spacial score (nSPS) is 10.7. The van der Waals surface area contributed by atoms with Gasteiger partial charge in [0.2, 0.25) is 0 Å². The number of nitrogens with one attached hydrogen (secondary N) is 1. The second-order valence-electron chi connectivity index (χ2n) is 5.59. The molecule has 2 heteroatoms. The number of allylic oxidation sites excluding steroid dienone is 2. The van der Waals surface area contributed by atoms with E-state index < -0.39 is 0 Å². The second-order valence-corrected chi connectivity index (χ2v) is 5.59. The summed E-state index contributed by atoms with van der Waals surface area (Å²) in [6, 6.07) is 11.3. The highest BCUT2D eigenvalue weighted by atomic mass is 19.1. The molecular formula is C21H22FN. The molecule has 0 aliphatic heterocycles. The van der Waals surface area contributed by atoms with Gasteiger partial charge < -0.3 is 5.32 Å². The molecule has 2 rings (SSSR count). The minimum absolute atomic E-state index is 0.200. The standard InChI is InChI=1S/C21H22FN/c1-5-6-7-18-13-19(10-9-16(18)3)17(4)23-14-20-12-15(2)8-11-21(20)22/h5-13,23H,1,4,14H2,2-3H3/b7-6-. The number of rotatable bonds is 6. The predicted octanol–water partition coefficient (Wildman–Crippen LogP) is 5.40. The van der Waals surface area contributed by atoms with E-state index in [-0.39, 0.29) is 5.82 Å². The summed E-state index contributed by atoms with van der Waals surface area (Å²) in [7, 11) is 0. The van der Waals surface area contributed by atoms with Gasteiger partial charge in [0.15, 0.2) is 0 Å². The second kappa shape index (κ2) is 7.59. The Balaban J connectivity index is 2.13. The van der Waals surface area contributed by atoms with Crippen LogP contribution in [0.15, 0.2) is 61.7 Å². The van der Waals surface area contributed by atoms with E-state index in [0.29, 0.717) is 12.1 Å². The maximum Gasteiger partial charge on any atom is 0.128 e. The molecule has 0 atom stereocenters. The maximum atomic E-state index is 13.8. The van der Waals surface area contributed by atoms with E-state index in [2.05, 4.69) is 37.5 Å². The summed E-state index contributed by atoms with van der Waals surface area (Å²) in [6.45, 7) is 12.2. The van der Waals surface area contributed by atoms with Gasteiger partial charge in [-0.05, 0) is 42.7 Å². The number of hydrogen-bond donors (Lipinski definition) is 1. The van der Waals surface area contributed by atoms with Gasteiger partial charge in [-0.1, -0.05) is 61.2 Å². The molecule has 2 aromatic carbocycles. The first-order valence-corrected chi connectivity index (χ1v) is 7.59. The first kappa shape index (κ1) is 16.8. The third-order valence-corrected chi connectivity index (χ3v) is 3.73. The smallest absolute Gasteiger partial charge is 0.128 e. The summed E-state index contributed by atoms with van der Waals surface area (Å²) in [5.41, 5.74) is 5.76. The van der Waals surface area contributed by atoms with Crippen molar-refractivity contribution >= 4 is 11.8 Å². The van der Waals surface area contributed by atoms with E-state index in [4.69, 9.17) is 0 Å². The van der Waals surface area contributed by atoms with Crippen LogP contribution in [0.5, 0.6) is 0 Å². The minimum atomic E-state index is -0.200. The largest absolute Gasteiger partial charge is 0.381 e. The van der Waals surface area contributed by atoms with Gasteiger partial charge in [-0.25, -0.2) is 4.39 Å². The molecule has 1 nitrogen and oxygen atoms in total. The predicted molar refractivity (Wildman–Crippen MR) is 97.4 cm³/mol. The van der Waals surface area contributed by atoms with Crippen LogP contribution in [0.1, 0.15) is 27.8 Å². The SMILES string of the molecule is C=C/C=C\c1cc(C(=C)NCc2cc(C)ccc2F)ccc1C. The summed E-state index contributed by atoms with van der Waals surface area (Å²) in [4.78, 5) is 0. The maximum absolute atomic E-state index is 13.8. The van der Waals surface area contributed by atoms with Crippen molar-refractivity contribution in [1.29, 1.82) is 0 Å². The third-order valence-electron chi connectivity index (χ3n) is 3.73. The summed E-state index contributed by atoms with van der Waals surface area (Å²) >= 11 is 0. The van der Waals surface area contributed by atoms with Crippen LogP contribution in [0.2, 0.25) is 0 Å². The van der Waals surface area contributed by atoms with Gasteiger partial charge in [0.25, 0.3) is 0 Å². The number of hydrogen-bond acceptors (Lipinski definition) is 1. The highest BCUT2D eigenvalue weighted by Gasteiger charge is 2.05. The van der Waals surface area contributed by atoms with E-state index in [9.17, 15) is 4.39 Å². The molecule has 0 aliphatic carbocycles. The quantitative estimate of drug-likeness (QED) is 0.704. The molecule has 118 valence electrons. The van der Waals surface area contributed by atoms with Crippen molar-refractivity contribution in [2.75, 3.05) is 0 Å². The zero-order chi connectivity index (χ0) is 16.8. The van der Waals surface area contributed by atoms with Crippen LogP contribution >= 0.6 is 0 Å². The number of halogens is 1. The topological polar surface area (TPSA) is 12.0 Å². The Labute approximate surface area is 137 Å². The lowest BCUT2D eigenvalue weighted by Crippen LogP contribution is -2.12. The van der Waals surface area contributed by atoms with E-state index in [1.54, 1.807) is 12.1 Å². The zero-order valence-corrected chi connectivity index (χ0v) is 13.7. The van der Waals surface area contributed by atoms with Crippen molar-refractivity contribution in [3.63, 3.8) is 0 Å². The Kier molecular flexibility index (Phi) is 5.53. The molecule has 0 heterocycles. The van der Waals surface area contributed by atoms with Gasteiger partial charge in [-0.15, -0.1) is 0 Å². The summed E-state index contributed by atoms with van der Waals surface area (Å²) in [6.07, 6.45) is 5.67. The Bertz CT molecular complexity index is 756. The van der Waals surface area contributed by atoms with E-state index >= 15 is 0 Å². The molecule has 0 saturated heterocycles. The first-order valence-electron chi connectivity index (χ1n) is 7.59. The fourth-order valence-electron chi connectivity index (χ4n) is 2.32. The highest BCUT2D eigenvalue weighted by Crippen LogP contribution is 2.18. The molecule has 0 aromatic heterocycles. The Morgan fingerprint density at radius 1 is 1.17 bits per heavy atom. The van der Waals surface area contributed by atoms with E-state index in [1.165, 1.54) is 11.6 Å². The Morgan fingerprint density at radius 2 is 1.96 bits per heavy atom. The monoisotopic (exact) mass is 307 g/mol. The first-order chi connectivity index (χ1) is 11.0. The lowest BCUT2D eigenvalue weighted by molar-refractivity contribution is 0.604. The fourth-order valence-corrected chi connectivity index (χ4v) is 2.32. The molecule has 0 spiro atoms. The van der Waals surface area contributed by atoms with Crippen LogP contribution in [0.25, 0.3) is 11.8 Å². The van der Waals surface area contributed by atoms with Crippen LogP contribution in [-0.4, -0.2) is 0 Å². The molecule has 0 unspecified atom stereocenters. The van der Waals surface area contributed by atoms with E-state index in [1.807, 2.05) is 31.2 Å². The van der Waals surface area contributed by atoms with Crippen LogP contribution in [0.3, 0.4) is 0 Å². The van der Waals surface area contributed by atoms with Gasteiger partial charge in [-0.3, -0.25) is 0 Å². The lowest BCUT2D eigenvalue weighted by Gasteiger charge is -2.12. The van der Waals surface area contributed by atoms with Crippen LogP contribution in [0, 0.1) is 19.7 Å². The fraction of sp³-hybridized carbons (Fsp3) is 0.143. The molecule has 1 N–H and O–H groups in total. The summed E-state index contributed by atoms with van der Waals surface area (Å²) in [5.74, 6) is -0.200. The summed E-state index contributed by atoms with van der Waals surface area (Å²) < 4.78 is 13.8. The molecule has 0 aliphatic rings. The average Bonchev–Trinajstić information content (AvgIpc) is 2.54. The number of aryl methyl sites for hydroxylation is 2. The molecule has 0 radical (unpaired) electrons. The van der Waals surface area contributed by atoms with Gasteiger partial charge >= 0.3 is 0 Å². The zero-order valence-electron chi connectivity index (χ0n) is 13.7. The molecule has 0 fully saturated rings. The van der Waals surface area contributed by atoms with Crippen molar-refractivity contribution < 1.29 is 4.39 Å².